The van der Waals surface area contributed by atoms with Crippen LogP contribution in [0.5, 0.6) is 0 Å². The number of hydrogen-bond donors (Lipinski definition) is 2. The minimum Gasteiger partial charge on any atom is -0.313 e. The number of pyridine rings is 6. The molecule has 6 aromatic rings. The van der Waals surface area contributed by atoms with E-state index in [9.17, 15) is 28.0 Å². The van der Waals surface area contributed by atoms with Gasteiger partial charge in [-0.1, -0.05) is 0 Å². The van der Waals surface area contributed by atoms with Crippen molar-refractivity contribution in [1.29, 1.82) is 0 Å². The van der Waals surface area contributed by atoms with E-state index < -0.39 is 29.4 Å². The van der Waals surface area contributed by atoms with Crippen LogP contribution in [0.4, 0.5) is 20.4 Å². The lowest BCUT2D eigenvalue weighted by Crippen LogP contribution is -2.25. The summed E-state index contributed by atoms with van der Waals surface area (Å²) < 4.78 is 31.3. The van der Waals surface area contributed by atoms with Gasteiger partial charge in [-0.3, -0.25) is 29.1 Å². The molecule has 14 heteroatoms. The third kappa shape index (κ3) is 6.20. The summed E-state index contributed by atoms with van der Waals surface area (Å²) in [6.07, 6.45) is 10.8. The van der Waals surface area contributed by atoms with Gasteiger partial charge in [0.2, 0.25) is 12.3 Å². The molecule has 2 atom stereocenters. The van der Waals surface area contributed by atoms with Crippen molar-refractivity contribution in [2.24, 2.45) is 11.8 Å². The maximum atomic E-state index is 14.6. The molecule has 12 nitrogen and oxygen atoms in total. The van der Waals surface area contributed by atoms with E-state index >= 15 is 0 Å². The van der Waals surface area contributed by atoms with Gasteiger partial charge in [-0.15, -0.1) is 0 Å². The molecule has 262 valence electrons. The Morgan fingerprint density at radius 2 is 1.54 bits per heavy atom. The summed E-state index contributed by atoms with van der Waals surface area (Å²) >= 11 is 0. The van der Waals surface area contributed by atoms with Crippen LogP contribution in [0.3, 0.4) is 0 Å². The van der Waals surface area contributed by atoms with Gasteiger partial charge in [-0.25, -0.2) is 18.7 Å². The molecule has 2 saturated carbocycles. The molecule has 0 bridgehead atoms. The van der Waals surface area contributed by atoms with Crippen LogP contribution < -0.4 is 21.8 Å². The smallest absolute Gasteiger partial charge is 0.259 e. The van der Waals surface area contributed by atoms with E-state index in [-0.39, 0.29) is 41.3 Å². The van der Waals surface area contributed by atoms with Crippen LogP contribution in [0, 0.1) is 24.6 Å². The highest BCUT2D eigenvalue weighted by molar-refractivity contribution is 5.96. The number of rotatable bonds is 11. The highest BCUT2D eigenvalue weighted by Gasteiger charge is 2.43. The van der Waals surface area contributed by atoms with Gasteiger partial charge in [0.1, 0.15) is 23.6 Å². The minimum absolute atomic E-state index is 0.154. The van der Waals surface area contributed by atoms with Gasteiger partial charge >= 0.3 is 0 Å². The van der Waals surface area contributed by atoms with Crippen LogP contribution in [0.2, 0.25) is 0 Å². The zero-order chi connectivity index (χ0) is 36.1. The second kappa shape index (κ2) is 13.2. The number of alkyl halides is 1. The quantitative estimate of drug-likeness (QED) is 0.175. The second-order valence-electron chi connectivity index (χ2n) is 13.4. The van der Waals surface area contributed by atoms with Gasteiger partial charge in [0.15, 0.2) is 0 Å². The van der Waals surface area contributed by atoms with Crippen molar-refractivity contribution >= 4 is 45.8 Å². The van der Waals surface area contributed by atoms with Crippen molar-refractivity contribution in [3.63, 3.8) is 0 Å². The Labute approximate surface area is 294 Å². The topological polar surface area (TPSA) is 154 Å². The predicted molar refractivity (Wildman–Crippen MR) is 191 cm³/mol. The Hall–Kier alpha value is -6.18. The first-order valence-corrected chi connectivity index (χ1v) is 17.0. The summed E-state index contributed by atoms with van der Waals surface area (Å²) in [4.78, 5) is 69.1. The maximum absolute atomic E-state index is 14.6. The van der Waals surface area contributed by atoms with E-state index in [1.54, 1.807) is 65.0 Å². The van der Waals surface area contributed by atoms with Crippen molar-refractivity contribution in [2.45, 2.75) is 51.9 Å². The number of amides is 2. The molecule has 6 heterocycles. The van der Waals surface area contributed by atoms with E-state index in [1.165, 1.54) is 12.4 Å². The number of aryl methyl sites for hydroxylation is 2. The Morgan fingerprint density at radius 1 is 0.885 bits per heavy atom. The van der Waals surface area contributed by atoms with Crippen LogP contribution in [0.25, 0.3) is 44.1 Å². The second-order valence-corrected chi connectivity index (χ2v) is 13.4. The number of halogens is 2. The summed E-state index contributed by atoms with van der Waals surface area (Å²) in [7, 11) is 0. The van der Waals surface area contributed by atoms with Crippen molar-refractivity contribution in [3.8, 4) is 22.3 Å². The normalized spacial score (nSPS) is 16.6. The Bertz CT molecular complexity index is 2550. The fourth-order valence-corrected chi connectivity index (χ4v) is 6.64. The molecule has 0 saturated heterocycles. The molecule has 52 heavy (non-hydrogen) atoms. The highest BCUT2D eigenvalue weighted by Crippen LogP contribution is 2.36. The Balaban J connectivity index is 1.20. The van der Waals surface area contributed by atoms with Gasteiger partial charge in [-0.05, 0) is 67.9 Å². The average Bonchev–Trinajstić information content (AvgIpc) is 4.08. The van der Waals surface area contributed by atoms with Crippen LogP contribution in [0.15, 0.2) is 77.1 Å². The summed E-state index contributed by atoms with van der Waals surface area (Å²) in [5.74, 6) is -0.809. The highest BCUT2D eigenvalue weighted by atomic mass is 19.1. The lowest BCUT2D eigenvalue weighted by Gasteiger charge is -2.17. The van der Waals surface area contributed by atoms with Crippen LogP contribution >= 0.6 is 0 Å². The molecule has 2 aliphatic carbocycles. The fraction of sp³-hybridized carbons (Fsp3) is 0.263. The molecule has 0 aliphatic heterocycles. The number of aromatic nitrogens is 6. The van der Waals surface area contributed by atoms with Gasteiger partial charge in [-0.2, -0.15) is 0 Å². The van der Waals surface area contributed by atoms with Gasteiger partial charge in [0, 0.05) is 89.2 Å². The molecule has 0 unspecified atom stereocenters. The van der Waals surface area contributed by atoms with Crippen molar-refractivity contribution < 1.29 is 18.4 Å². The first-order chi connectivity index (χ1) is 25.2. The number of anilines is 2. The van der Waals surface area contributed by atoms with Crippen LogP contribution in [-0.2, 0) is 29.1 Å². The number of carbonyl (C=O) groups is 2. The van der Waals surface area contributed by atoms with Crippen molar-refractivity contribution in [2.75, 3.05) is 10.6 Å². The third-order valence-corrected chi connectivity index (χ3v) is 9.85. The largest absolute Gasteiger partial charge is 0.313 e. The maximum Gasteiger partial charge on any atom is 0.259 e. The molecule has 0 radical (unpaired) electrons. The first kappa shape index (κ1) is 33.0. The van der Waals surface area contributed by atoms with E-state index in [2.05, 4.69) is 30.6 Å². The summed E-state index contributed by atoms with van der Waals surface area (Å²) in [5, 5.41) is 6.48. The lowest BCUT2D eigenvalue weighted by molar-refractivity contribution is -0.117. The van der Waals surface area contributed by atoms with Crippen LogP contribution in [-0.4, -0.2) is 47.6 Å². The average molecular weight is 703 g/mol. The SMILES string of the molecule is Cc1c(F)cncc1-c1cc2cnc(NC=O)cc2n(CCc2ccncc2-c2cc3cnc(NC(=O)[C@H]4C[C@H]4F)cc3n(CC3CC3)c2=O)c1=O. The Morgan fingerprint density at radius 3 is 2.25 bits per heavy atom. The molecular formula is C38H32F2N8O4. The zero-order valence-electron chi connectivity index (χ0n) is 28.0. The monoisotopic (exact) mass is 702 g/mol. The molecule has 2 fully saturated rings. The summed E-state index contributed by atoms with van der Waals surface area (Å²) in [5.41, 5.74) is 3.09. The number of nitrogens with one attached hydrogen (secondary N) is 2. The zero-order valence-corrected chi connectivity index (χ0v) is 28.0. The minimum atomic E-state index is -1.14. The number of carbonyl (C=O) groups excluding carboxylic acids is 2. The lowest BCUT2D eigenvalue weighted by atomic mass is 9.99. The number of fused-ring (bicyclic) bond motifs is 2. The van der Waals surface area contributed by atoms with Gasteiger partial charge < -0.3 is 19.8 Å². The number of hydrogen-bond acceptors (Lipinski definition) is 8. The molecule has 2 N–H and O–H groups in total. The Kier molecular flexibility index (Phi) is 8.36. The first-order valence-electron chi connectivity index (χ1n) is 17.0. The predicted octanol–water partition coefficient (Wildman–Crippen LogP) is 5.20. The third-order valence-electron chi connectivity index (χ3n) is 9.85. The molecule has 0 aromatic carbocycles. The van der Waals surface area contributed by atoms with Crippen molar-refractivity contribution in [1.82, 2.24) is 29.1 Å². The number of nitrogens with zero attached hydrogens (tertiary/aromatic N) is 6. The van der Waals surface area contributed by atoms with Gasteiger partial charge in [0.05, 0.1) is 23.1 Å². The molecule has 2 amide bonds. The van der Waals surface area contributed by atoms with E-state index in [0.717, 1.165) is 24.6 Å². The van der Waals surface area contributed by atoms with Crippen LogP contribution in [0.1, 0.15) is 30.4 Å². The van der Waals surface area contributed by atoms with E-state index in [4.69, 9.17) is 0 Å². The summed E-state index contributed by atoms with van der Waals surface area (Å²) in [6.45, 7) is 2.22. The molecule has 2 aliphatic rings. The van der Waals surface area contributed by atoms with E-state index in [0.29, 0.717) is 63.8 Å². The van der Waals surface area contributed by atoms with E-state index in [1.807, 2.05) is 0 Å². The standard InChI is InChI=1S/C38H32F2N8O4/c1-20-28(15-42-17-31(20)40)25-8-23-13-43-34(45-19-49)11-32(23)47(37(25)51)7-5-22-4-6-41-16-29(22)26-9-24-14-44-35(46-36(50)27-10-30(27)39)12-33(24)48(38(26)52)18-21-2-3-21/h4,6,8-9,11-17,19,21,27,30H,2-3,5,7,10,18H2,1H3,(H,43,45,49)(H,44,46,50)/t27-,30+/m0/s1. The van der Waals surface area contributed by atoms with Crippen molar-refractivity contribution in [3.05, 3.63) is 105 Å². The van der Waals surface area contributed by atoms with Gasteiger partial charge in [0.25, 0.3) is 11.1 Å². The fourth-order valence-electron chi connectivity index (χ4n) is 6.64. The molecular weight excluding hydrogens is 670 g/mol. The molecule has 0 spiro atoms. The summed E-state index contributed by atoms with van der Waals surface area (Å²) in [6, 6.07) is 8.45. The molecule has 8 rings (SSSR count). The molecule has 6 aromatic heterocycles.